The van der Waals surface area contributed by atoms with E-state index in [1.54, 1.807) is 12.1 Å². The minimum atomic E-state index is -0.439. The van der Waals surface area contributed by atoms with Gasteiger partial charge in [-0.3, -0.25) is 10.2 Å². The van der Waals surface area contributed by atoms with Gasteiger partial charge in [0.05, 0.1) is 11.2 Å². The molecule has 0 radical (unpaired) electrons. The van der Waals surface area contributed by atoms with E-state index in [9.17, 15) is 4.79 Å². The van der Waals surface area contributed by atoms with Crippen LogP contribution in [0.25, 0.3) is 33.1 Å². The molecule has 2 aromatic heterocycles. The number of para-hydroxylation sites is 1. The molecule has 0 unspecified atom stereocenters. The number of fused-ring (bicyclic) bond motifs is 3. The molecule has 0 spiro atoms. The number of nitrogens with two attached hydrogens (primary N) is 1. The number of benzene rings is 2. The van der Waals surface area contributed by atoms with Crippen LogP contribution in [-0.2, 0) is 0 Å². The number of nitrogen functional groups attached to an aromatic ring is 1. The van der Waals surface area contributed by atoms with Gasteiger partial charge < -0.3 is 4.98 Å². The zero-order valence-corrected chi connectivity index (χ0v) is 13.3. The van der Waals surface area contributed by atoms with Crippen LogP contribution >= 0.6 is 11.6 Å². The lowest BCUT2D eigenvalue weighted by Gasteiger charge is -2.07. The number of nitrogens with one attached hydrogen (secondary N) is 2. The molecule has 118 valence electrons. The van der Waals surface area contributed by atoms with Crippen LogP contribution in [-0.4, -0.2) is 15.9 Å². The molecule has 0 atom stereocenters. The molecule has 0 aliphatic rings. The van der Waals surface area contributed by atoms with Gasteiger partial charge in [-0.1, -0.05) is 41.9 Å². The summed E-state index contributed by atoms with van der Waals surface area (Å²) in [5.41, 5.74) is 5.70. The fourth-order valence-electron chi connectivity index (χ4n) is 2.88. The van der Waals surface area contributed by atoms with Crippen molar-refractivity contribution >= 4 is 39.3 Å². The first-order chi connectivity index (χ1) is 11.7. The van der Waals surface area contributed by atoms with Gasteiger partial charge in [0.1, 0.15) is 5.69 Å². The second-order valence-corrected chi connectivity index (χ2v) is 5.87. The number of carbonyl (C=O) groups excluding carboxylic acids is 1. The van der Waals surface area contributed by atoms with Crippen molar-refractivity contribution in [3.63, 3.8) is 0 Å². The third-order valence-electron chi connectivity index (χ3n) is 3.96. The van der Waals surface area contributed by atoms with E-state index < -0.39 is 5.91 Å². The van der Waals surface area contributed by atoms with Crippen LogP contribution in [0.2, 0.25) is 5.02 Å². The molecule has 6 heteroatoms. The molecule has 0 fully saturated rings. The lowest BCUT2D eigenvalue weighted by molar-refractivity contribution is 0.0949. The van der Waals surface area contributed by atoms with E-state index in [1.807, 2.05) is 42.5 Å². The van der Waals surface area contributed by atoms with E-state index in [1.165, 1.54) is 0 Å². The molecular formula is C18H13ClN4O. The summed E-state index contributed by atoms with van der Waals surface area (Å²) < 4.78 is 0. The molecule has 0 aliphatic heterocycles. The van der Waals surface area contributed by atoms with Gasteiger partial charge in [0, 0.05) is 26.9 Å². The smallest absolute Gasteiger partial charge is 0.283 e. The molecular weight excluding hydrogens is 324 g/mol. The SMILES string of the molecule is NNC(=O)c1cc2c([nH]c3ccccc32)c(-c2cccc(Cl)c2)n1. The average molecular weight is 337 g/mol. The Balaban J connectivity index is 2.12. The zero-order valence-electron chi connectivity index (χ0n) is 12.5. The van der Waals surface area contributed by atoms with Crippen molar-refractivity contribution in [1.82, 2.24) is 15.4 Å². The van der Waals surface area contributed by atoms with Crippen molar-refractivity contribution in [2.75, 3.05) is 0 Å². The first-order valence-corrected chi connectivity index (χ1v) is 7.73. The Bertz CT molecular complexity index is 1090. The van der Waals surface area contributed by atoms with E-state index >= 15 is 0 Å². The van der Waals surface area contributed by atoms with Crippen LogP contribution in [0, 0.1) is 0 Å². The number of nitrogens with zero attached hydrogens (tertiary/aromatic N) is 1. The Kier molecular flexibility index (Phi) is 3.45. The third-order valence-corrected chi connectivity index (χ3v) is 4.19. The predicted molar refractivity (Wildman–Crippen MR) is 95.7 cm³/mol. The number of hydrogen-bond donors (Lipinski definition) is 3. The molecule has 1 amide bonds. The minimum Gasteiger partial charge on any atom is -0.353 e. The maximum atomic E-state index is 12.0. The molecule has 0 aliphatic carbocycles. The highest BCUT2D eigenvalue weighted by molar-refractivity contribution is 6.31. The van der Waals surface area contributed by atoms with E-state index in [2.05, 4.69) is 15.4 Å². The van der Waals surface area contributed by atoms with Crippen LogP contribution < -0.4 is 11.3 Å². The van der Waals surface area contributed by atoms with Crippen molar-refractivity contribution in [3.05, 3.63) is 65.3 Å². The van der Waals surface area contributed by atoms with E-state index in [0.29, 0.717) is 10.7 Å². The van der Waals surface area contributed by atoms with Crippen molar-refractivity contribution < 1.29 is 4.79 Å². The van der Waals surface area contributed by atoms with Gasteiger partial charge in [-0.25, -0.2) is 10.8 Å². The summed E-state index contributed by atoms with van der Waals surface area (Å²) in [5, 5.41) is 2.53. The van der Waals surface area contributed by atoms with Crippen LogP contribution in [0.5, 0.6) is 0 Å². The molecule has 0 saturated heterocycles. The lowest BCUT2D eigenvalue weighted by Crippen LogP contribution is -2.30. The monoisotopic (exact) mass is 336 g/mol. The highest BCUT2D eigenvalue weighted by Gasteiger charge is 2.16. The van der Waals surface area contributed by atoms with Crippen molar-refractivity contribution in [2.45, 2.75) is 0 Å². The fourth-order valence-corrected chi connectivity index (χ4v) is 3.07. The van der Waals surface area contributed by atoms with Crippen LogP contribution in [0.1, 0.15) is 10.5 Å². The Morgan fingerprint density at radius 1 is 1.08 bits per heavy atom. The van der Waals surface area contributed by atoms with Crippen molar-refractivity contribution in [3.8, 4) is 11.3 Å². The Labute approximate surface area is 142 Å². The second-order valence-electron chi connectivity index (χ2n) is 5.43. The minimum absolute atomic E-state index is 0.254. The van der Waals surface area contributed by atoms with Gasteiger partial charge in [-0.15, -0.1) is 0 Å². The summed E-state index contributed by atoms with van der Waals surface area (Å²) in [6, 6.07) is 17.0. The quantitative estimate of drug-likeness (QED) is 0.297. The predicted octanol–water partition coefficient (Wildman–Crippen LogP) is 3.64. The van der Waals surface area contributed by atoms with E-state index in [4.69, 9.17) is 17.4 Å². The summed E-state index contributed by atoms with van der Waals surface area (Å²) in [4.78, 5) is 19.9. The van der Waals surface area contributed by atoms with Gasteiger partial charge in [-0.05, 0) is 24.3 Å². The maximum absolute atomic E-state index is 12.0. The highest BCUT2D eigenvalue weighted by Crippen LogP contribution is 2.33. The van der Waals surface area contributed by atoms with Crippen molar-refractivity contribution in [1.29, 1.82) is 0 Å². The molecule has 2 heterocycles. The number of hydrogen-bond acceptors (Lipinski definition) is 3. The molecule has 5 nitrogen and oxygen atoms in total. The van der Waals surface area contributed by atoms with Crippen LogP contribution in [0.15, 0.2) is 54.6 Å². The Morgan fingerprint density at radius 2 is 1.92 bits per heavy atom. The van der Waals surface area contributed by atoms with Gasteiger partial charge in [0.15, 0.2) is 0 Å². The number of halogens is 1. The number of hydrazine groups is 1. The summed E-state index contributed by atoms with van der Waals surface area (Å²) in [5.74, 6) is 4.84. The molecule has 0 bridgehead atoms. The highest BCUT2D eigenvalue weighted by atomic mass is 35.5. The molecule has 4 aromatic rings. The maximum Gasteiger partial charge on any atom is 0.283 e. The normalized spacial score (nSPS) is 11.1. The number of H-pyrrole nitrogens is 1. The topological polar surface area (TPSA) is 83.8 Å². The van der Waals surface area contributed by atoms with Gasteiger partial charge in [0.2, 0.25) is 0 Å². The number of aromatic amines is 1. The van der Waals surface area contributed by atoms with E-state index in [-0.39, 0.29) is 5.69 Å². The Hall–Kier alpha value is -2.89. The summed E-state index contributed by atoms with van der Waals surface area (Å²) in [6.45, 7) is 0. The lowest BCUT2D eigenvalue weighted by atomic mass is 10.1. The summed E-state index contributed by atoms with van der Waals surface area (Å²) >= 11 is 6.12. The molecule has 4 N–H and O–H groups in total. The molecule has 4 rings (SSSR count). The summed E-state index contributed by atoms with van der Waals surface area (Å²) in [6.07, 6.45) is 0. The largest absolute Gasteiger partial charge is 0.353 e. The Morgan fingerprint density at radius 3 is 2.71 bits per heavy atom. The van der Waals surface area contributed by atoms with E-state index in [0.717, 1.165) is 27.4 Å². The second kappa shape index (κ2) is 5.63. The number of carbonyl (C=O) groups is 1. The number of pyridine rings is 1. The third kappa shape index (κ3) is 2.31. The first kappa shape index (κ1) is 14.7. The van der Waals surface area contributed by atoms with Crippen LogP contribution in [0.4, 0.5) is 0 Å². The zero-order chi connectivity index (χ0) is 16.7. The number of amides is 1. The molecule has 0 saturated carbocycles. The molecule has 2 aromatic carbocycles. The van der Waals surface area contributed by atoms with Crippen LogP contribution in [0.3, 0.4) is 0 Å². The number of rotatable bonds is 2. The first-order valence-electron chi connectivity index (χ1n) is 7.36. The molecule has 24 heavy (non-hydrogen) atoms. The standard InChI is InChI=1S/C18H13ClN4O/c19-11-5-3-4-10(8-11)16-17-13(9-15(22-16)18(24)23-20)12-6-1-2-7-14(12)21-17/h1-9,21H,20H2,(H,23,24). The summed E-state index contributed by atoms with van der Waals surface area (Å²) in [7, 11) is 0. The average Bonchev–Trinajstić information content (AvgIpc) is 2.99. The van der Waals surface area contributed by atoms with Gasteiger partial charge in [0.25, 0.3) is 5.91 Å². The van der Waals surface area contributed by atoms with Gasteiger partial charge >= 0.3 is 0 Å². The van der Waals surface area contributed by atoms with Gasteiger partial charge in [-0.2, -0.15) is 0 Å². The number of aromatic nitrogens is 2. The fraction of sp³-hybridized carbons (Fsp3) is 0. The van der Waals surface area contributed by atoms with Crippen molar-refractivity contribution in [2.24, 2.45) is 5.84 Å².